The number of aryl methyl sites for hydroxylation is 1. The molecule has 0 atom stereocenters. The lowest BCUT2D eigenvalue weighted by Gasteiger charge is -2.40. The summed E-state index contributed by atoms with van der Waals surface area (Å²) in [6.45, 7) is 10.2. The third-order valence-electron chi connectivity index (χ3n) is 3.91. The van der Waals surface area contributed by atoms with Crippen LogP contribution in [0.5, 0.6) is 0 Å². The number of ketones is 1. The first-order valence-electron chi connectivity index (χ1n) is 6.85. The zero-order valence-electron chi connectivity index (χ0n) is 12.2. The van der Waals surface area contributed by atoms with E-state index in [-0.39, 0.29) is 5.78 Å². The van der Waals surface area contributed by atoms with E-state index in [1.807, 2.05) is 19.3 Å². The number of rotatable bonds is 7. The van der Waals surface area contributed by atoms with Crippen molar-refractivity contribution in [3.8, 4) is 0 Å². The smallest absolute Gasteiger partial charge is 0.203 e. The van der Waals surface area contributed by atoms with E-state index in [0.717, 1.165) is 25.9 Å². The fraction of sp³-hybridized carbons (Fsp3) is 0.714. The molecule has 18 heavy (non-hydrogen) atoms. The molecule has 0 bridgehead atoms. The van der Waals surface area contributed by atoms with Crippen LogP contribution in [0.3, 0.4) is 0 Å². The van der Waals surface area contributed by atoms with Crippen molar-refractivity contribution in [1.29, 1.82) is 0 Å². The molecule has 0 saturated heterocycles. The number of aromatic nitrogens is 2. The molecule has 0 unspecified atom stereocenters. The van der Waals surface area contributed by atoms with Crippen LogP contribution < -0.4 is 0 Å². The number of carbonyl (C=O) groups is 1. The van der Waals surface area contributed by atoms with Gasteiger partial charge >= 0.3 is 0 Å². The molecule has 1 aromatic rings. The van der Waals surface area contributed by atoms with Gasteiger partial charge in [-0.05, 0) is 32.0 Å². The van der Waals surface area contributed by atoms with Crippen LogP contribution in [0.2, 0.25) is 0 Å². The molecule has 0 radical (unpaired) electrons. The highest BCUT2D eigenvalue weighted by molar-refractivity contribution is 6.01. The maximum atomic E-state index is 12.8. The molecule has 4 nitrogen and oxygen atoms in total. The normalized spacial score (nSPS) is 12.1. The number of carbonyl (C=O) groups excluding carboxylic acids is 1. The minimum absolute atomic E-state index is 0.150. The van der Waals surface area contributed by atoms with Gasteiger partial charge in [0, 0.05) is 13.2 Å². The van der Waals surface area contributed by atoms with Gasteiger partial charge < -0.3 is 0 Å². The summed E-state index contributed by atoms with van der Waals surface area (Å²) in [5.74, 6) is 0.150. The molecule has 0 aromatic carbocycles. The Morgan fingerprint density at radius 2 is 1.83 bits per heavy atom. The summed E-state index contributed by atoms with van der Waals surface area (Å²) in [5, 5.41) is 4.26. The highest BCUT2D eigenvalue weighted by Crippen LogP contribution is 2.27. The first-order chi connectivity index (χ1) is 8.55. The van der Waals surface area contributed by atoms with Crippen LogP contribution in [0, 0.1) is 0 Å². The van der Waals surface area contributed by atoms with E-state index in [2.05, 4.69) is 37.7 Å². The zero-order valence-corrected chi connectivity index (χ0v) is 12.2. The van der Waals surface area contributed by atoms with Gasteiger partial charge in [-0.15, -0.1) is 0 Å². The highest BCUT2D eigenvalue weighted by Gasteiger charge is 2.40. The molecular formula is C14H25N3O. The van der Waals surface area contributed by atoms with Gasteiger partial charge in [0.2, 0.25) is 5.78 Å². The molecule has 4 heteroatoms. The van der Waals surface area contributed by atoms with E-state index < -0.39 is 5.54 Å². The molecule has 0 saturated carbocycles. The minimum atomic E-state index is -0.405. The molecule has 1 rings (SSSR count). The third kappa shape index (κ3) is 2.48. The molecule has 0 aliphatic heterocycles. The molecule has 0 spiro atoms. The van der Waals surface area contributed by atoms with E-state index in [1.165, 1.54) is 0 Å². The summed E-state index contributed by atoms with van der Waals surface area (Å²) in [6.07, 6.45) is 3.47. The number of hydrogen-bond donors (Lipinski definition) is 0. The van der Waals surface area contributed by atoms with Crippen LogP contribution in [0.25, 0.3) is 0 Å². The summed E-state index contributed by atoms with van der Waals surface area (Å²) in [4.78, 5) is 15.0. The Morgan fingerprint density at radius 3 is 2.17 bits per heavy atom. The van der Waals surface area contributed by atoms with Crippen LogP contribution in [-0.2, 0) is 7.05 Å². The standard InChI is InChI=1S/C14H25N3O/c1-6-14(7-2,17(8-3)9-4)13(18)12-10-11-16(5)15-12/h10-11H,6-9H2,1-5H3. The van der Waals surface area contributed by atoms with Crippen molar-refractivity contribution in [2.24, 2.45) is 7.05 Å². The van der Waals surface area contributed by atoms with Gasteiger partial charge in [0.15, 0.2) is 0 Å². The van der Waals surface area contributed by atoms with Crippen LogP contribution in [-0.4, -0.2) is 39.1 Å². The maximum absolute atomic E-state index is 12.8. The quantitative estimate of drug-likeness (QED) is 0.699. The Hall–Kier alpha value is -1.16. The molecule has 0 amide bonds. The van der Waals surface area contributed by atoms with E-state index in [9.17, 15) is 4.79 Å². The van der Waals surface area contributed by atoms with E-state index in [0.29, 0.717) is 5.69 Å². The Bertz CT molecular complexity index is 389. The maximum Gasteiger partial charge on any atom is 0.203 e. The second kappa shape index (κ2) is 6.14. The number of Topliss-reactive ketones (excluding diaryl/α,β-unsaturated/α-hetero) is 1. The van der Waals surface area contributed by atoms with Gasteiger partial charge in [0.25, 0.3) is 0 Å². The van der Waals surface area contributed by atoms with Crippen LogP contribution in [0.4, 0.5) is 0 Å². The Balaban J connectivity index is 3.15. The molecule has 0 aliphatic carbocycles. The SMILES string of the molecule is CCN(CC)C(CC)(CC)C(=O)c1ccn(C)n1. The Kier molecular flexibility index (Phi) is 5.08. The van der Waals surface area contributed by atoms with E-state index in [4.69, 9.17) is 0 Å². The number of likely N-dealkylation sites (N-methyl/N-ethyl adjacent to an activating group) is 1. The van der Waals surface area contributed by atoms with E-state index >= 15 is 0 Å². The van der Waals surface area contributed by atoms with Crippen LogP contribution in [0.15, 0.2) is 12.3 Å². The second-order valence-electron chi connectivity index (χ2n) is 4.61. The highest BCUT2D eigenvalue weighted by atomic mass is 16.1. The van der Waals surface area contributed by atoms with Crippen molar-refractivity contribution < 1.29 is 4.79 Å². The van der Waals surface area contributed by atoms with Crippen molar-refractivity contribution in [2.75, 3.05) is 13.1 Å². The second-order valence-corrected chi connectivity index (χ2v) is 4.61. The fourth-order valence-electron chi connectivity index (χ4n) is 2.77. The van der Waals surface area contributed by atoms with Gasteiger partial charge in [-0.2, -0.15) is 5.10 Å². The predicted molar refractivity (Wildman–Crippen MR) is 73.8 cm³/mol. The van der Waals surface area contributed by atoms with Crippen molar-refractivity contribution in [3.05, 3.63) is 18.0 Å². The van der Waals surface area contributed by atoms with Gasteiger partial charge in [0.05, 0.1) is 5.54 Å². The monoisotopic (exact) mass is 251 g/mol. The van der Waals surface area contributed by atoms with Crippen molar-refractivity contribution in [2.45, 2.75) is 46.1 Å². The summed E-state index contributed by atoms with van der Waals surface area (Å²) in [7, 11) is 1.84. The molecular weight excluding hydrogens is 226 g/mol. The Labute approximate surface area is 110 Å². The van der Waals surface area contributed by atoms with Gasteiger partial charge in [-0.25, -0.2) is 0 Å². The number of hydrogen-bond acceptors (Lipinski definition) is 3. The third-order valence-corrected chi connectivity index (χ3v) is 3.91. The van der Waals surface area contributed by atoms with Gasteiger partial charge in [-0.1, -0.05) is 27.7 Å². The molecule has 0 N–H and O–H groups in total. The topological polar surface area (TPSA) is 38.1 Å². The lowest BCUT2D eigenvalue weighted by atomic mass is 9.84. The van der Waals surface area contributed by atoms with Crippen molar-refractivity contribution >= 4 is 5.78 Å². The van der Waals surface area contributed by atoms with E-state index in [1.54, 1.807) is 4.68 Å². The average Bonchev–Trinajstić information content (AvgIpc) is 2.82. The van der Waals surface area contributed by atoms with Crippen LogP contribution >= 0.6 is 0 Å². The minimum Gasteiger partial charge on any atom is -0.291 e. The summed E-state index contributed by atoms with van der Waals surface area (Å²) < 4.78 is 1.69. The lowest BCUT2D eigenvalue weighted by Crippen LogP contribution is -2.54. The zero-order chi connectivity index (χ0) is 13.8. The fourth-order valence-corrected chi connectivity index (χ4v) is 2.77. The lowest BCUT2D eigenvalue weighted by molar-refractivity contribution is 0.0529. The molecule has 102 valence electrons. The average molecular weight is 251 g/mol. The molecule has 1 aromatic heterocycles. The van der Waals surface area contributed by atoms with Gasteiger partial charge in [-0.3, -0.25) is 14.4 Å². The number of nitrogens with zero attached hydrogens (tertiary/aromatic N) is 3. The molecule has 0 fully saturated rings. The summed E-state index contributed by atoms with van der Waals surface area (Å²) >= 11 is 0. The van der Waals surface area contributed by atoms with Crippen molar-refractivity contribution in [3.63, 3.8) is 0 Å². The first kappa shape index (κ1) is 14.9. The summed E-state index contributed by atoms with van der Waals surface area (Å²) in [6, 6.07) is 1.81. The van der Waals surface area contributed by atoms with Crippen molar-refractivity contribution in [1.82, 2.24) is 14.7 Å². The van der Waals surface area contributed by atoms with Crippen LogP contribution in [0.1, 0.15) is 51.0 Å². The molecule has 1 heterocycles. The van der Waals surface area contributed by atoms with Gasteiger partial charge in [0.1, 0.15) is 5.69 Å². The summed E-state index contributed by atoms with van der Waals surface area (Å²) in [5.41, 5.74) is 0.172. The molecule has 0 aliphatic rings. The first-order valence-corrected chi connectivity index (χ1v) is 6.85. The predicted octanol–water partition coefficient (Wildman–Crippen LogP) is 2.50. The Morgan fingerprint density at radius 1 is 1.28 bits per heavy atom. The largest absolute Gasteiger partial charge is 0.291 e.